The molecule has 0 aliphatic carbocycles. The molecule has 0 saturated carbocycles. The lowest BCUT2D eigenvalue weighted by atomic mass is 10.0. The number of carbonyl (C=O) groups is 1. The van der Waals surface area contributed by atoms with Crippen LogP contribution in [0.25, 0.3) is 17.3 Å². The van der Waals surface area contributed by atoms with Crippen LogP contribution >= 0.6 is 11.6 Å². The summed E-state index contributed by atoms with van der Waals surface area (Å²) in [5, 5.41) is 5.03. The zero-order valence-corrected chi connectivity index (χ0v) is 14.7. The average Bonchev–Trinajstić information content (AvgIpc) is 3.06. The van der Waals surface area contributed by atoms with Crippen molar-refractivity contribution in [2.45, 2.75) is 6.92 Å². The summed E-state index contributed by atoms with van der Waals surface area (Å²) in [6.45, 7) is 1.90. The van der Waals surface area contributed by atoms with Crippen molar-refractivity contribution in [3.63, 3.8) is 0 Å². The maximum absolute atomic E-state index is 12.7. The van der Waals surface area contributed by atoms with Crippen molar-refractivity contribution in [2.75, 3.05) is 11.9 Å². The normalized spacial score (nSPS) is 15.1. The molecule has 0 fully saturated rings. The number of para-hydroxylation sites is 2. The van der Waals surface area contributed by atoms with E-state index in [9.17, 15) is 4.79 Å². The fourth-order valence-electron chi connectivity index (χ4n) is 3.10. The van der Waals surface area contributed by atoms with Crippen LogP contribution in [0.15, 0.2) is 54.6 Å². The molecule has 1 aliphatic heterocycles. The van der Waals surface area contributed by atoms with Gasteiger partial charge in [-0.25, -0.2) is 4.68 Å². The first-order chi connectivity index (χ1) is 12.1. The highest BCUT2D eigenvalue weighted by Gasteiger charge is 2.30. The van der Waals surface area contributed by atoms with E-state index in [-0.39, 0.29) is 5.91 Å². The number of hydrogen-bond acceptors (Lipinski definition) is 2. The SMILES string of the molecule is Cc1nn(-c2ccccc2)c(Cl)c1C=C1C(=O)N(C)c2ccccc21. The predicted octanol–water partition coefficient (Wildman–Crippen LogP) is 4.35. The molecule has 4 rings (SSSR count). The van der Waals surface area contributed by atoms with Crippen molar-refractivity contribution in [1.29, 1.82) is 0 Å². The minimum Gasteiger partial charge on any atom is -0.311 e. The van der Waals surface area contributed by atoms with Crippen molar-refractivity contribution >= 4 is 34.8 Å². The number of aromatic nitrogens is 2. The summed E-state index contributed by atoms with van der Waals surface area (Å²) in [7, 11) is 1.78. The summed E-state index contributed by atoms with van der Waals surface area (Å²) in [4.78, 5) is 14.3. The zero-order valence-electron chi connectivity index (χ0n) is 13.9. The second-order valence-electron chi connectivity index (χ2n) is 5.98. The number of carbonyl (C=O) groups excluding carboxylic acids is 1. The number of rotatable bonds is 2. The summed E-state index contributed by atoms with van der Waals surface area (Å²) < 4.78 is 1.69. The van der Waals surface area contributed by atoms with Crippen molar-refractivity contribution in [3.05, 3.63) is 76.6 Å². The number of anilines is 1. The number of benzene rings is 2. The standard InChI is InChI=1S/C20H16ClN3O/c1-13-16(19(21)24(22-13)14-8-4-3-5-9-14)12-17-15-10-6-7-11-18(15)23(2)20(17)25/h3-12H,1-2H3. The Kier molecular flexibility index (Phi) is 3.70. The molecule has 0 saturated heterocycles. The van der Waals surface area contributed by atoms with E-state index in [0.29, 0.717) is 10.7 Å². The molecule has 0 spiro atoms. The van der Waals surface area contributed by atoms with Gasteiger partial charge in [-0.3, -0.25) is 4.79 Å². The van der Waals surface area contributed by atoms with E-state index in [1.54, 1.807) is 16.6 Å². The Labute approximate surface area is 151 Å². The van der Waals surface area contributed by atoms with E-state index in [1.165, 1.54) is 0 Å². The molecule has 0 radical (unpaired) electrons. The molecule has 0 N–H and O–H groups in total. The molecule has 2 aromatic carbocycles. The van der Waals surface area contributed by atoms with Gasteiger partial charge in [0, 0.05) is 23.7 Å². The third kappa shape index (κ3) is 2.46. The van der Waals surface area contributed by atoms with Gasteiger partial charge in [-0.05, 0) is 31.2 Å². The number of aryl methyl sites for hydroxylation is 1. The van der Waals surface area contributed by atoms with Crippen molar-refractivity contribution in [3.8, 4) is 5.69 Å². The summed E-state index contributed by atoms with van der Waals surface area (Å²) in [6.07, 6.45) is 1.84. The van der Waals surface area contributed by atoms with Gasteiger partial charge in [0.1, 0.15) is 5.15 Å². The lowest BCUT2D eigenvalue weighted by Gasteiger charge is -2.07. The summed E-state index contributed by atoms with van der Waals surface area (Å²) >= 11 is 6.58. The number of hydrogen-bond donors (Lipinski definition) is 0. The molecule has 124 valence electrons. The van der Waals surface area contributed by atoms with Gasteiger partial charge in [0.15, 0.2) is 0 Å². The molecule has 4 nitrogen and oxygen atoms in total. The molecule has 0 bridgehead atoms. The lowest BCUT2D eigenvalue weighted by Crippen LogP contribution is -2.20. The average molecular weight is 350 g/mol. The Hall–Kier alpha value is -2.85. The van der Waals surface area contributed by atoms with Gasteiger partial charge in [0.25, 0.3) is 5.91 Å². The topological polar surface area (TPSA) is 38.1 Å². The third-order valence-corrected chi connectivity index (χ3v) is 4.79. The quantitative estimate of drug-likeness (QED) is 0.645. The Morgan fingerprint density at radius 1 is 1.04 bits per heavy atom. The molecule has 0 unspecified atom stereocenters. The third-order valence-electron chi connectivity index (χ3n) is 4.43. The van der Waals surface area contributed by atoms with Crippen molar-refractivity contribution < 1.29 is 4.79 Å². The Bertz CT molecular complexity index is 1010. The number of nitrogens with zero attached hydrogens (tertiary/aromatic N) is 3. The molecular formula is C20H16ClN3O. The summed E-state index contributed by atoms with van der Waals surface area (Å²) in [6, 6.07) is 17.5. The van der Waals surface area contributed by atoms with Gasteiger partial charge in [0.05, 0.1) is 17.1 Å². The molecule has 2 heterocycles. The Morgan fingerprint density at radius 3 is 2.48 bits per heavy atom. The van der Waals surface area contributed by atoms with E-state index in [4.69, 9.17) is 11.6 Å². The number of amides is 1. The summed E-state index contributed by atoms with van der Waals surface area (Å²) in [5.74, 6) is -0.0378. The molecule has 1 aromatic heterocycles. The number of fused-ring (bicyclic) bond motifs is 1. The fourth-order valence-corrected chi connectivity index (χ4v) is 3.43. The van der Waals surface area contributed by atoms with Gasteiger partial charge in [-0.15, -0.1) is 0 Å². The van der Waals surface area contributed by atoms with Crippen LogP contribution in [-0.4, -0.2) is 22.7 Å². The molecule has 25 heavy (non-hydrogen) atoms. The monoisotopic (exact) mass is 349 g/mol. The summed E-state index contributed by atoms with van der Waals surface area (Å²) in [5.41, 5.74) is 4.88. The van der Waals surface area contributed by atoms with Crippen LogP contribution in [0.4, 0.5) is 5.69 Å². The molecule has 3 aromatic rings. The predicted molar refractivity (Wildman–Crippen MR) is 101 cm³/mol. The van der Waals surface area contributed by atoms with Gasteiger partial charge in [-0.2, -0.15) is 5.10 Å². The van der Waals surface area contributed by atoms with Crippen LogP contribution in [0.2, 0.25) is 5.15 Å². The molecule has 5 heteroatoms. The van der Waals surface area contributed by atoms with E-state index < -0.39 is 0 Å². The van der Waals surface area contributed by atoms with Crippen LogP contribution in [0, 0.1) is 6.92 Å². The fraction of sp³-hybridized carbons (Fsp3) is 0.100. The molecule has 0 atom stereocenters. The maximum Gasteiger partial charge on any atom is 0.258 e. The lowest BCUT2D eigenvalue weighted by molar-refractivity contribution is -0.112. The van der Waals surface area contributed by atoms with Gasteiger partial charge < -0.3 is 4.90 Å². The van der Waals surface area contributed by atoms with Crippen LogP contribution < -0.4 is 4.90 Å². The van der Waals surface area contributed by atoms with Crippen molar-refractivity contribution in [2.24, 2.45) is 0 Å². The van der Waals surface area contributed by atoms with Crippen LogP contribution in [0.5, 0.6) is 0 Å². The molecule has 1 amide bonds. The second-order valence-corrected chi connectivity index (χ2v) is 6.33. The number of halogens is 1. The van der Waals surface area contributed by atoms with Crippen LogP contribution in [0.3, 0.4) is 0 Å². The first-order valence-electron chi connectivity index (χ1n) is 7.97. The molecular weight excluding hydrogens is 334 g/mol. The minimum absolute atomic E-state index is 0.0378. The minimum atomic E-state index is -0.0378. The van der Waals surface area contributed by atoms with E-state index in [0.717, 1.165) is 28.2 Å². The zero-order chi connectivity index (χ0) is 17.6. The van der Waals surface area contributed by atoms with Crippen LogP contribution in [-0.2, 0) is 4.79 Å². The van der Waals surface area contributed by atoms with E-state index in [1.807, 2.05) is 67.6 Å². The Morgan fingerprint density at radius 2 is 1.72 bits per heavy atom. The van der Waals surface area contributed by atoms with E-state index in [2.05, 4.69) is 5.10 Å². The first kappa shape index (κ1) is 15.7. The Balaban J connectivity index is 1.86. The van der Waals surface area contributed by atoms with Gasteiger partial charge >= 0.3 is 0 Å². The highest BCUT2D eigenvalue weighted by Crippen LogP contribution is 2.38. The van der Waals surface area contributed by atoms with Gasteiger partial charge in [-0.1, -0.05) is 48.0 Å². The maximum atomic E-state index is 12.7. The highest BCUT2D eigenvalue weighted by molar-refractivity contribution is 6.37. The molecule has 1 aliphatic rings. The highest BCUT2D eigenvalue weighted by atomic mass is 35.5. The van der Waals surface area contributed by atoms with Crippen molar-refractivity contribution in [1.82, 2.24) is 9.78 Å². The van der Waals surface area contributed by atoms with Crippen LogP contribution in [0.1, 0.15) is 16.8 Å². The largest absolute Gasteiger partial charge is 0.311 e. The van der Waals surface area contributed by atoms with E-state index >= 15 is 0 Å². The second kappa shape index (κ2) is 5.90. The van der Waals surface area contributed by atoms with Gasteiger partial charge in [0.2, 0.25) is 0 Å². The first-order valence-corrected chi connectivity index (χ1v) is 8.35. The smallest absolute Gasteiger partial charge is 0.258 e. The number of likely N-dealkylation sites (N-methyl/N-ethyl adjacent to an activating group) is 1.